The molecule has 0 fully saturated rings. The van der Waals surface area contributed by atoms with Crippen molar-refractivity contribution in [3.05, 3.63) is 179 Å². The first-order chi connectivity index (χ1) is 23.1. The summed E-state index contributed by atoms with van der Waals surface area (Å²) in [4.78, 5) is 4.97. The van der Waals surface area contributed by atoms with Crippen LogP contribution >= 0.6 is 35.3 Å². The van der Waals surface area contributed by atoms with Crippen LogP contribution in [-0.2, 0) is 25.7 Å². The Balaban J connectivity index is 1.04. The van der Waals surface area contributed by atoms with Crippen LogP contribution in [0, 0.1) is 0 Å². The summed E-state index contributed by atoms with van der Waals surface area (Å²) in [6, 6.07) is 50.6. The van der Waals surface area contributed by atoms with Gasteiger partial charge in [-0.25, -0.2) is 0 Å². The number of hydrogen-bond donors (Lipinski definition) is 2. The molecule has 0 aliphatic carbocycles. The highest BCUT2D eigenvalue weighted by Gasteiger charge is 2.10. The van der Waals surface area contributed by atoms with Crippen LogP contribution in [0.25, 0.3) is 0 Å². The normalized spacial score (nSPS) is 11.1. The van der Waals surface area contributed by atoms with Gasteiger partial charge in [0.2, 0.25) is 0 Å². The molecule has 0 heterocycles. The van der Waals surface area contributed by atoms with Gasteiger partial charge in [0, 0.05) is 31.1 Å². The van der Waals surface area contributed by atoms with Crippen LogP contribution in [0.5, 0.6) is 11.5 Å². The fourth-order valence-corrected chi connectivity index (χ4v) is 8.24. The molecule has 0 saturated carbocycles. The van der Waals surface area contributed by atoms with E-state index in [-0.39, 0.29) is 0 Å². The summed E-state index contributed by atoms with van der Waals surface area (Å²) in [5.41, 5.74) is 8.02. The van der Waals surface area contributed by atoms with E-state index in [1.54, 1.807) is 24.3 Å². The van der Waals surface area contributed by atoms with Gasteiger partial charge in [0.25, 0.3) is 0 Å². The molecule has 5 heteroatoms. The summed E-state index contributed by atoms with van der Waals surface area (Å²) < 4.78 is 0. The maximum absolute atomic E-state index is 9.49. The van der Waals surface area contributed by atoms with Crippen molar-refractivity contribution in [3.8, 4) is 11.5 Å². The quantitative estimate of drug-likeness (QED) is 0.113. The van der Waals surface area contributed by atoms with E-state index in [1.807, 2.05) is 59.6 Å². The lowest BCUT2D eigenvalue weighted by Gasteiger charge is -2.13. The predicted molar refractivity (Wildman–Crippen MR) is 201 cm³/mol. The number of phenols is 2. The van der Waals surface area contributed by atoms with Gasteiger partial charge < -0.3 is 10.2 Å². The van der Waals surface area contributed by atoms with E-state index in [4.69, 9.17) is 0 Å². The molecule has 6 aromatic carbocycles. The SMILES string of the molecule is Oc1ccc(SCCc2ccc(Cc3ccccc3Sc3ccccc3Cc3ccc(CCSc4ccc(O)cc4)cc3)cc2)cc1. The van der Waals surface area contributed by atoms with Crippen LogP contribution in [0.2, 0.25) is 0 Å². The highest BCUT2D eigenvalue weighted by Crippen LogP contribution is 2.35. The lowest BCUT2D eigenvalue weighted by atomic mass is 10.0. The summed E-state index contributed by atoms with van der Waals surface area (Å²) >= 11 is 5.50. The molecule has 0 amide bonds. The van der Waals surface area contributed by atoms with Crippen LogP contribution in [0.15, 0.2) is 165 Å². The molecule has 0 aromatic heterocycles. The third-order valence-corrected chi connectivity index (χ3v) is 11.3. The molecule has 47 heavy (non-hydrogen) atoms. The molecule has 0 aliphatic rings. The van der Waals surface area contributed by atoms with Gasteiger partial charge in [-0.3, -0.25) is 0 Å². The Kier molecular flexibility index (Phi) is 11.7. The highest BCUT2D eigenvalue weighted by atomic mass is 32.2. The minimum Gasteiger partial charge on any atom is -0.508 e. The van der Waals surface area contributed by atoms with E-state index in [1.165, 1.54) is 53.0 Å². The molecule has 6 aromatic rings. The smallest absolute Gasteiger partial charge is 0.115 e. The van der Waals surface area contributed by atoms with Crippen molar-refractivity contribution in [1.82, 2.24) is 0 Å². The molecular weight excluding hydrogens is 633 g/mol. The minimum atomic E-state index is 0.310. The number of thioether (sulfide) groups is 2. The van der Waals surface area contributed by atoms with Gasteiger partial charge in [-0.1, -0.05) is 96.7 Å². The lowest BCUT2D eigenvalue weighted by molar-refractivity contribution is 0.474. The Hall–Kier alpha value is -4.03. The van der Waals surface area contributed by atoms with E-state index in [0.717, 1.165) is 37.2 Å². The number of benzene rings is 6. The zero-order valence-corrected chi connectivity index (χ0v) is 28.7. The molecule has 0 aliphatic heterocycles. The number of phenolic OH excluding ortho intramolecular Hbond substituents is 2. The van der Waals surface area contributed by atoms with E-state index in [9.17, 15) is 10.2 Å². The molecule has 0 unspecified atom stereocenters. The Morgan fingerprint density at radius 1 is 0.383 bits per heavy atom. The van der Waals surface area contributed by atoms with Crippen LogP contribution < -0.4 is 0 Å². The fourth-order valence-electron chi connectivity index (χ4n) is 5.36. The average Bonchev–Trinajstić information content (AvgIpc) is 3.10. The van der Waals surface area contributed by atoms with Crippen molar-refractivity contribution in [1.29, 1.82) is 0 Å². The first-order valence-electron chi connectivity index (χ1n) is 15.9. The predicted octanol–water partition coefficient (Wildman–Crippen LogP) is 11.1. The standard InChI is InChI=1S/C42H38O2S3/c43-37-17-21-39(22-18-37)45-27-25-31-9-13-33(14-10-31)29-35-5-1-3-7-41(35)47-42-8-4-2-6-36(42)30-34-15-11-32(12-16-34)26-28-46-40-23-19-38(44)20-24-40/h1-24,43-44H,25-30H2. The summed E-state index contributed by atoms with van der Waals surface area (Å²) in [5, 5.41) is 19.0. The zero-order chi connectivity index (χ0) is 32.3. The van der Waals surface area contributed by atoms with E-state index in [2.05, 4.69) is 97.1 Å². The molecule has 0 spiro atoms. The van der Waals surface area contributed by atoms with Crippen molar-refractivity contribution in [2.75, 3.05) is 11.5 Å². The van der Waals surface area contributed by atoms with Gasteiger partial charge >= 0.3 is 0 Å². The number of rotatable bonds is 14. The Morgan fingerprint density at radius 3 is 1.15 bits per heavy atom. The number of hydrogen-bond acceptors (Lipinski definition) is 5. The van der Waals surface area contributed by atoms with Crippen LogP contribution in [-0.4, -0.2) is 21.7 Å². The Labute approximate surface area is 291 Å². The lowest BCUT2D eigenvalue weighted by Crippen LogP contribution is -1.95. The number of aromatic hydroxyl groups is 2. The van der Waals surface area contributed by atoms with E-state index < -0.39 is 0 Å². The third kappa shape index (κ3) is 9.98. The Morgan fingerprint density at radius 2 is 0.745 bits per heavy atom. The van der Waals surface area contributed by atoms with Gasteiger partial charge in [-0.05, 0) is 120 Å². The van der Waals surface area contributed by atoms with Crippen molar-refractivity contribution >= 4 is 35.3 Å². The van der Waals surface area contributed by atoms with Crippen molar-refractivity contribution in [2.24, 2.45) is 0 Å². The van der Waals surface area contributed by atoms with Crippen LogP contribution in [0.4, 0.5) is 0 Å². The van der Waals surface area contributed by atoms with Crippen molar-refractivity contribution in [2.45, 2.75) is 45.3 Å². The highest BCUT2D eigenvalue weighted by molar-refractivity contribution is 7.99. The van der Waals surface area contributed by atoms with Crippen LogP contribution in [0.1, 0.15) is 33.4 Å². The van der Waals surface area contributed by atoms with Crippen LogP contribution in [0.3, 0.4) is 0 Å². The van der Waals surface area contributed by atoms with Gasteiger partial charge in [-0.2, -0.15) is 0 Å². The van der Waals surface area contributed by atoms with Gasteiger partial charge in [0.05, 0.1) is 0 Å². The monoisotopic (exact) mass is 670 g/mol. The fraction of sp³-hybridized carbons (Fsp3) is 0.143. The minimum absolute atomic E-state index is 0.310. The molecule has 0 radical (unpaired) electrons. The summed E-state index contributed by atoms with van der Waals surface area (Å²) in [5.74, 6) is 2.64. The van der Waals surface area contributed by atoms with Gasteiger partial charge in [-0.15, -0.1) is 23.5 Å². The molecule has 6 rings (SSSR count). The Bertz CT molecular complexity index is 1710. The second-order valence-electron chi connectivity index (χ2n) is 11.5. The second kappa shape index (κ2) is 16.7. The maximum Gasteiger partial charge on any atom is 0.115 e. The van der Waals surface area contributed by atoms with E-state index in [0.29, 0.717) is 11.5 Å². The van der Waals surface area contributed by atoms with Crippen molar-refractivity contribution < 1.29 is 10.2 Å². The van der Waals surface area contributed by atoms with Gasteiger partial charge in [0.15, 0.2) is 0 Å². The first-order valence-corrected chi connectivity index (χ1v) is 18.7. The first kappa shape index (κ1) is 32.9. The number of aryl methyl sites for hydroxylation is 2. The maximum atomic E-state index is 9.49. The van der Waals surface area contributed by atoms with E-state index >= 15 is 0 Å². The topological polar surface area (TPSA) is 40.5 Å². The molecule has 2 nitrogen and oxygen atoms in total. The average molecular weight is 671 g/mol. The van der Waals surface area contributed by atoms with Gasteiger partial charge in [0.1, 0.15) is 11.5 Å². The summed E-state index contributed by atoms with van der Waals surface area (Å²) in [6.45, 7) is 0. The molecular formula is C42H38O2S3. The largest absolute Gasteiger partial charge is 0.508 e. The molecule has 0 bridgehead atoms. The molecule has 0 saturated heterocycles. The third-order valence-electron chi connectivity index (χ3n) is 7.99. The van der Waals surface area contributed by atoms with Crippen molar-refractivity contribution in [3.63, 3.8) is 0 Å². The summed E-state index contributed by atoms with van der Waals surface area (Å²) in [7, 11) is 0. The molecule has 0 atom stereocenters. The summed E-state index contributed by atoms with van der Waals surface area (Å²) in [6.07, 6.45) is 3.83. The second-order valence-corrected chi connectivity index (χ2v) is 14.9. The molecule has 2 N–H and O–H groups in total. The zero-order valence-electron chi connectivity index (χ0n) is 26.2. The molecule has 236 valence electrons.